The number of methoxy groups -OCH3 is 1. The van der Waals surface area contributed by atoms with Gasteiger partial charge in [0.15, 0.2) is 0 Å². The quantitative estimate of drug-likeness (QED) is 0.680. The first-order valence-corrected chi connectivity index (χ1v) is 7.81. The van der Waals surface area contributed by atoms with Crippen molar-refractivity contribution in [1.29, 1.82) is 0 Å². The molecule has 2 nitrogen and oxygen atoms in total. The summed E-state index contributed by atoms with van der Waals surface area (Å²) in [6.07, 6.45) is -0.0132. The summed E-state index contributed by atoms with van der Waals surface area (Å²) in [4.78, 5) is 0. The third kappa shape index (κ3) is 2.46. The first kappa shape index (κ1) is 13.9. The molecule has 1 aliphatic rings. The van der Waals surface area contributed by atoms with Crippen LogP contribution in [0.15, 0.2) is 78.9 Å². The molecule has 3 aromatic rings. The molecule has 0 aliphatic carbocycles. The molecule has 2 unspecified atom stereocenters. The molecule has 0 spiro atoms. The van der Waals surface area contributed by atoms with Crippen LogP contribution in [0.1, 0.15) is 28.7 Å². The van der Waals surface area contributed by atoms with E-state index in [0.717, 1.165) is 11.5 Å². The van der Waals surface area contributed by atoms with Crippen LogP contribution in [-0.2, 0) is 0 Å². The summed E-state index contributed by atoms with van der Waals surface area (Å²) in [7, 11) is 1.70. The Kier molecular flexibility index (Phi) is 3.51. The largest absolute Gasteiger partial charge is 0.497 e. The highest BCUT2D eigenvalue weighted by atomic mass is 16.5. The van der Waals surface area contributed by atoms with Crippen LogP contribution < -0.4 is 9.47 Å². The minimum Gasteiger partial charge on any atom is -0.497 e. The lowest BCUT2D eigenvalue weighted by Gasteiger charge is -2.20. The topological polar surface area (TPSA) is 18.5 Å². The first-order chi connectivity index (χ1) is 11.4. The molecule has 0 fully saturated rings. The molecule has 0 N–H and O–H groups in total. The zero-order valence-corrected chi connectivity index (χ0v) is 13.0. The Hall–Kier alpha value is -2.74. The van der Waals surface area contributed by atoms with Crippen molar-refractivity contribution < 1.29 is 9.47 Å². The van der Waals surface area contributed by atoms with Crippen molar-refractivity contribution >= 4 is 0 Å². The van der Waals surface area contributed by atoms with Gasteiger partial charge in [0.2, 0.25) is 0 Å². The van der Waals surface area contributed by atoms with Gasteiger partial charge in [-0.2, -0.15) is 0 Å². The fourth-order valence-electron chi connectivity index (χ4n) is 3.29. The van der Waals surface area contributed by atoms with Crippen molar-refractivity contribution in [2.24, 2.45) is 0 Å². The summed E-state index contributed by atoms with van der Waals surface area (Å²) in [5.74, 6) is 1.97. The van der Waals surface area contributed by atoms with Gasteiger partial charge < -0.3 is 9.47 Å². The van der Waals surface area contributed by atoms with E-state index in [-0.39, 0.29) is 12.0 Å². The molecule has 114 valence electrons. The number of ether oxygens (including phenoxy) is 2. The molecule has 1 heterocycles. The third-order valence-corrected chi connectivity index (χ3v) is 4.40. The van der Waals surface area contributed by atoms with E-state index in [1.54, 1.807) is 7.11 Å². The van der Waals surface area contributed by atoms with Gasteiger partial charge in [-0.1, -0.05) is 60.7 Å². The van der Waals surface area contributed by atoms with Gasteiger partial charge >= 0.3 is 0 Å². The van der Waals surface area contributed by atoms with E-state index < -0.39 is 0 Å². The van der Waals surface area contributed by atoms with Gasteiger partial charge in [0.1, 0.15) is 17.6 Å². The van der Waals surface area contributed by atoms with Crippen LogP contribution >= 0.6 is 0 Å². The Morgan fingerprint density at radius 1 is 0.783 bits per heavy atom. The predicted molar refractivity (Wildman–Crippen MR) is 91.1 cm³/mol. The van der Waals surface area contributed by atoms with Gasteiger partial charge in [-0.15, -0.1) is 0 Å². The summed E-state index contributed by atoms with van der Waals surface area (Å²) in [5, 5.41) is 0. The Balaban J connectivity index is 1.85. The summed E-state index contributed by atoms with van der Waals surface area (Å²) >= 11 is 0. The highest BCUT2D eigenvalue weighted by Gasteiger charge is 2.36. The summed E-state index contributed by atoms with van der Waals surface area (Å²) in [5.41, 5.74) is 3.63. The monoisotopic (exact) mass is 302 g/mol. The normalized spacial score (nSPS) is 19.0. The highest BCUT2D eigenvalue weighted by molar-refractivity contribution is 5.52. The standard InChI is InChI=1S/C21H18O2/c1-22-17-12-13-19-18(14-17)20(15-8-4-2-5-9-15)21(23-19)16-10-6-3-7-11-16/h2-14,20-21H,1H3. The molecule has 2 heteroatoms. The number of hydrogen-bond donors (Lipinski definition) is 0. The lowest BCUT2D eigenvalue weighted by molar-refractivity contribution is 0.222. The Morgan fingerprint density at radius 2 is 1.43 bits per heavy atom. The summed E-state index contributed by atoms with van der Waals surface area (Å²) < 4.78 is 11.7. The molecule has 0 saturated heterocycles. The average molecular weight is 302 g/mol. The molecular weight excluding hydrogens is 284 g/mol. The summed E-state index contributed by atoms with van der Waals surface area (Å²) in [6, 6.07) is 27.0. The smallest absolute Gasteiger partial charge is 0.135 e. The molecule has 1 aliphatic heterocycles. The molecular formula is C21H18O2. The van der Waals surface area contributed by atoms with Crippen molar-refractivity contribution in [3.63, 3.8) is 0 Å². The maximum atomic E-state index is 6.30. The van der Waals surface area contributed by atoms with Gasteiger partial charge in [-0.3, -0.25) is 0 Å². The van der Waals surface area contributed by atoms with Gasteiger partial charge in [0, 0.05) is 5.56 Å². The van der Waals surface area contributed by atoms with Crippen LogP contribution in [0, 0.1) is 0 Å². The van der Waals surface area contributed by atoms with E-state index >= 15 is 0 Å². The van der Waals surface area contributed by atoms with Crippen molar-refractivity contribution in [1.82, 2.24) is 0 Å². The van der Waals surface area contributed by atoms with E-state index in [4.69, 9.17) is 9.47 Å². The van der Waals surface area contributed by atoms with Crippen LogP contribution in [0.4, 0.5) is 0 Å². The number of rotatable bonds is 3. The maximum absolute atomic E-state index is 6.30. The van der Waals surface area contributed by atoms with E-state index in [1.165, 1.54) is 16.7 Å². The molecule has 0 aromatic heterocycles. The Morgan fingerprint density at radius 3 is 2.09 bits per heavy atom. The Bertz CT molecular complexity index is 797. The average Bonchev–Trinajstić information content (AvgIpc) is 3.01. The van der Waals surface area contributed by atoms with Crippen LogP contribution in [0.3, 0.4) is 0 Å². The van der Waals surface area contributed by atoms with Crippen molar-refractivity contribution in [2.75, 3.05) is 7.11 Å². The first-order valence-electron chi connectivity index (χ1n) is 7.81. The fraction of sp³-hybridized carbons (Fsp3) is 0.143. The van der Waals surface area contributed by atoms with Gasteiger partial charge in [-0.25, -0.2) is 0 Å². The molecule has 0 saturated carbocycles. The van der Waals surface area contributed by atoms with Gasteiger partial charge in [0.05, 0.1) is 13.0 Å². The molecule has 0 bridgehead atoms. The molecule has 0 amide bonds. The fourth-order valence-corrected chi connectivity index (χ4v) is 3.29. The zero-order valence-electron chi connectivity index (χ0n) is 13.0. The number of fused-ring (bicyclic) bond motifs is 1. The van der Waals surface area contributed by atoms with E-state index in [2.05, 4.69) is 54.6 Å². The van der Waals surface area contributed by atoms with Crippen LogP contribution in [0.5, 0.6) is 11.5 Å². The second-order valence-corrected chi connectivity index (χ2v) is 5.74. The Labute approximate surface area is 136 Å². The molecule has 23 heavy (non-hydrogen) atoms. The van der Waals surface area contributed by atoms with Gasteiger partial charge in [0.25, 0.3) is 0 Å². The zero-order chi connectivity index (χ0) is 15.6. The SMILES string of the molecule is COc1ccc2c(c1)C(c1ccccc1)C(c1ccccc1)O2. The highest BCUT2D eigenvalue weighted by Crippen LogP contribution is 2.50. The molecule has 0 radical (unpaired) electrons. The van der Waals surface area contributed by atoms with Crippen LogP contribution in [-0.4, -0.2) is 7.11 Å². The minimum atomic E-state index is -0.0132. The molecule has 4 rings (SSSR count). The lowest BCUT2D eigenvalue weighted by atomic mass is 9.85. The predicted octanol–water partition coefficient (Wildman–Crippen LogP) is 4.96. The number of benzene rings is 3. The van der Waals surface area contributed by atoms with Crippen LogP contribution in [0.25, 0.3) is 0 Å². The van der Waals surface area contributed by atoms with E-state index in [1.807, 2.05) is 24.3 Å². The molecule has 3 aromatic carbocycles. The van der Waals surface area contributed by atoms with Crippen molar-refractivity contribution in [3.05, 3.63) is 95.6 Å². The van der Waals surface area contributed by atoms with E-state index in [0.29, 0.717) is 0 Å². The van der Waals surface area contributed by atoms with E-state index in [9.17, 15) is 0 Å². The maximum Gasteiger partial charge on any atom is 0.135 e. The lowest BCUT2D eigenvalue weighted by Crippen LogP contribution is -2.11. The third-order valence-electron chi connectivity index (χ3n) is 4.40. The van der Waals surface area contributed by atoms with Crippen molar-refractivity contribution in [3.8, 4) is 11.5 Å². The second kappa shape index (κ2) is 5.81. The number of hydrogen-bond acceptors (Lipinski definition) is 2. The van der Waals surface area contributed by atoms with Gasteiger partial charge in [-0.05, 0) is 29.3 Å². The molecule has 2 atom stereocenters. The minimum absolute atomic E-state index is 0.0132. The van der Waals surface area contributed by atoms with Crippen LogP contribution in [0.2, 0.25) is 0 Å². The van der Waals surface area contributed by atoms with Crippen molar-refractivity contribution in [2.45, 2.75) is 12.0 Å². The second-order valence-electron chi connectivity index (χ2n) is 5.74. The summed E-state index contributed by atoms with van der Waals surface area (Å²) in [6.45, 7) is 0.